The molecule has 2 saturated carbocycles. The zero-order valence-electron chi connectivity index (χ0n) is 13.9. The Morgan fingerprint density at radius 2 is 2.13 bits per heavy atom. The van der Waals surface area contributed by atoms with Gasteiger partial charge >= 0.3 is 6.03 Å². The maximum atomic E-state index is 12.8. The number of nitrogens with zero attached hydrogens (tertiary/aromatic N) is 4. The highest BCUT2D eigenvalue weighted by molar-refractivity contribution is 5.92. The largest absolute Gasteiger partial charge is 0.322 e. The molecule has 6 heteroatoms. The number of rotatable bonds is 4. The molecule has 0 spiro atoms. The summed E-state index contributed by atoms with van der Waals surface area (Å²) < 4.78 is 1.77. The van der Waals surface area contributed by atoms with Crippen LogP contribution in [0, 0.1) is 12.8 Å². The van der Waals surface area contributed by atoms with Crippen LogP contribution in [0.2, 0.25) is 0 Å². The van der Waals surface area contributed by atoms with Gasteiger partial charge in [0.05, 0.1) is 17.6 Å². The predicted molar refractivity (Wildman–Crippen MR) is 89.3 cm³/mol. The molecule has 6 nitrogen and oxygen atoms in total. The van der Waals surface area contributed by atoms with Gasteiger partial charge in [-0.3, -0.25) is 4.68 Å². The zero-order chi connectivity index (χ0) is 16.1. The summed E-state index contributed by atoms with van der Waals surface area (Å²) in [6, 6.07) is 2.73. The highest BCUT2D eigenvalue weighted by Gasteiger charge is 2.41. The average Bonchev–Trinajstić information content (AvgIpc) is 3.40. The number of hydrogen-bond donors (Lipinski definition) is 1. The van der Waals surface area contributed by atoms with E-state index in [2.05, 4.69) is 27.2 Å². The smallest absolute Gasteiger partial charge is 0.319 e. The van der Waals surface area contributed by atoms with E-state index in [1.54, 1.807) is 10.9 Å². The molecule has 0 aliphatic heterocycles. The van der Waals surface area contributed by atoms with Gasteiger partial charge in [-0.15, -0.1) is 0 Å². The van der Waals surface area contributed by atoms with Gasteiger partial charge < -0.3 is 10.2 Å². The van der Waals surface area contributed by atoms with Crippen molar-refractivity contribution in [2.45, 2.75) is 51.6 Å². The van der Waals surface area contributed by atoms with E-state index in [9.17, 15) is 4.79 Å². The summed E-state index contributed by atoms with van der Waals surface area (Å²) in [7, 11) is 1.88. The summed E-state index contributed by atoms with van der Waals surface area (Å²) in [4.78, 5) is 19.2. The average molecular weight is 313 g/mol. The number of nitrogens with one attached hydrogen (secondary N) is 1. The molecule has 1 N–H and O–H groups in total. The SMILES string of the molecule is Cc1nn(C)c2ncc(NC(=O)N(C3CC3)[C@@H](C)C3CC3)cc12. The van der Waals surface area contributed by atoms with Gasteiger partial charge in [-0.1, -0.05) is 0 Å². The third kappa shape index (κ3) is 2.66. The Kier molecular flexibility index (Phi) is 3.28. The molecule has 122 valence electrons. The summed E-state index contributed by atoms with van der Waals surface area (Å²) in [5.74, 6) is 0.683. The Balaban J connectivity index is 1.56. The van der Waals surface area contributed by atoms with Crippen molar-refractivity contribution in [3.63, 3.8) is 0 Å². The van der Waals surface area contributed by atoms with Gasteiger partial charge in [-0.2, -0.15) is 5.10 Å². The van der Waals surface area contributed by atoms with Crippen molar-refractivity contribution >= 4 is 22.8 Å². The lowest BCUT2D eigenvalue weighted by Gasteiger charge is -2.29. The van der Waals surface area contributed by atoms with Crippen LogP contribution in [0.15, 0.2) is 12.3 Å². The fraction of sp³-hybridized carbons (Fsp3) is 0.588. The van der Waals surface area contributed by atoms with Crippen molar-refractivity contribution in [2.75, 3.05) is 5.32 Å². The second-order valence-corrected chi connectivity index (χ2v) is 6.95. The number of aryl methyl sites for hydroxylation is 2. The first-order chi connectivity index (χ1) is 11.0. The first-order valence-corrected chi connectivity index (χ1v) is 8.43. The molecule has 1 atom stereocenters. The second-order valence-electron chi connectivity index (χ2n) is 6.95. The fourth-order valence-electron chi connectivity index (χ4n) is 3.41. The molecule has 0 aromatic carbocycles. The monoisotopic (exact) mass is 313 g/mol. The van der Waals surface area contributed by atoms with E-state index in [1.807, 2.05) is 20.0 Å². The molecule has 0 bridgehead atoms. The van der Waals surface area contributed by atoms with Crippen molar-refractivity contribution in [1.82, 2.24) is 19.7 Å². The molecule has 2 heterocycles. The standard InChI is InChI=1S/C17H23N5O/c1-10-15-8-13(9-18-16(15)21(3)20-10)19-17(23)22(14-6-7-14)11(2)12-4-5-12/h8-9,11-12,14H,4-7H2,1-3H3,(H,19,23)/t11-/m0/s1. The lowest BCUT2D eigenvalue weighted by molar-refractivity contribution is 0.180. The van der Waals surface area contributed by atoms with Crippen molar-refractivity contribution in [2.24, 2.45) is 13.0 Å². The lowest BCUT2D eigenvalue weighted by Crippen LogP contribution is -2.44. The van der Waals surface area contributed by atoms with Gasteiger partial charge in [-0.25, -0.2) is 9.78 Å². The Morgan fingerprint density at radius 1 is 1.39 bits per heavy atom. The van der Waals surface area contributed by atoms with Gasteiger partial charge in [-0.05, 0) is 51.5 Å². The molecular weight excluding hydrogens is 290 g/mol. The second kappa shape index (κ2) is 5.22. The van der Waals surface area contributed by atoms with Crippen molar-refractivity contribution in [3.8, 4) is 0 Å². The van der Waals surface area contributed by atoms with E-state index in [1.165, 1.54) is 12.8 Å². The Labute approximate surface area is 135 Å². The first-order valence-electron chi connectivity index (χ1n) is 8.43. The van der Waals surface area contributed by atoms with Crippen LogP contribution in [0.5, 0.6) is 0 Å². The van der Waals surface area contributed by atoms with Crippen LogP contribution in [0.3, 0.4) is 0 Å². The van der Waals surface area contributed by atoms with Crippen LogP contribution in [0.4, 0.5) is 10.5 Å². The molecule has 4 rings (SSSR count). The molecule has 23 heavy (non-hydrogen) atoms. The number of carbonyl (C=O) groups excluding carboxylic acids is 1. The Morgan fingerprint density at radius 3 is 2.78 bits per heavy atom. The normalized spacial score (nSPS) is 18.9. The van der Waals surface area contributed by atoms with Crippen LogP contribution < -0.4 is 5.32 Å². The quantitative estimate of drug-likeness (QED) is 0.943. The van der Waals surface area contributed by atoms with Gasteiger partial charge in [0.2, 0.25) is 0 Å². The summed E-state index contributed by atoms with van der Waals surface area (Å²) in [6.45, 7) is 4.14. The molecule has 2 aromatic heterocycles. The molecule has 2 aliphatic rings. The minimum absolute atomic E-state index is 0.00888. The highest BCUT2D eigenvalue weighted by Crippen LogP contribution is 2.40. The number of pyridine rings is 1. The summed E-state index contributed by atoms with van der Waals surface area (Å²) in [5, 5.41) is 8.40. The van der Waals surface area contributed by atoms with E-state index >= 15 is 0 Å². The topological polar surface area (TPSA) is 63.1 Å². The van der Waals surface area contributed by atoms with Crippen LogP contribution in [-0.4, -0.2) is 37.8 Å². The minimum Gasteiger partial charge on any atom is -0.319 e. The van der Waals surface area contributed by atoms with E-state index < -0.39 is 0 Å². The summed E-state index contributed by atoms with van der Waals surface area (Å²) in [5.41, 5.74) is 2.51. The highest BCUT2D eigenvalue weighted by atomic mass is 16.2. The minimum atomic E-state index is 0.00888. The van der Waals surface area contributed by atoms with E-state index in [-0.39, 0.29) is 6.03 Å². The summed E-state index contributed by atoms with van der Waals surface area (Å²) >= 11 is 0. The first kappa shape index (κ1) is 14.5. The molecule has 2 amide bonds. The Hall–Kier alpha value is -2.11. The predicted octanol–water partition coefficient (Wildman–Crippen LogP) is 3.07. The number of hydrogen-bond acceptors (Lipinski definition) is 3. The molecule has 0 unspecified atom stereocenters. The van der Waals surface area contributed by atoms with E-state index in [0.29, 0.717) is 18.0 Å². The molecule has 2 aromatic rings. The number of aromatic nitrogens is 3. The van der Waals surface area contributed by atoms with Crippen LogP contribution in [0.1, 0.15) is 38.3 Å². The third-order valence-electron chi connectivity index (χ3n) is 5.03. The van der Waals surface area contributed by atoms with Gasteiger partial charge in [0.25, 0.3) is 0 Å². The number of amides is 2. The molecule has 0 radical (unpaired) electrons. The third-order valence-corrected chi connectivity index (χ3v) is 5.03. The van der Waals surface area contributed by atoms with Crippen LogP contribution in [-0.2, 0) is 7.05 Å². The van der Waals surface area contributed by atoms with Gasteiger partial charge in [0.15, 0.2) is 5.65 Å². The van der Waals surface area contributed by atoms with E-state index in [0.717, 1.165) is 35.3 Å². The van der Waals surface area contributed by atoms with Crippen molar-refractivity contribution < 1.29 is 4.79 Å². The number of anilines is 1. The zero-order valence-corrected chi connectivity index (χ0v) is 13.9. The van der Waals surface area contributed by atoms with Crippen molar-refractivity contribution in [3.05, 3.63) is 18.0 Å². The number of fused-ring (bicyclic) bond motifs is 1. The van der Waals surface area contributed by atoms with Crippen molar-refractivity contribution in [1.29, 1.82) is 0 Å². The van der Waals surface area contributed by atoms with Crippen LogP contribution in [0.25, 0.3) is 11.0 Å². The molecule has 0 saturated heterocycles. The van der Waals surface area contributed by atoms with Crippen LogP contribution >= 0.6 is 0 Å². The van der Waals surface area contributed by atoms with Gasteiger partial charge in [0.1, 0.15) is 0 Å². The Bertz CT molecular complexity index is 760. The number of carbonyl (C=O) groups is 1. The summed E-state index contributed by atoms with van der Waals surface area (Å²) in [6.07, 6.45) is 6.47. The molecular formula is C17H23N5O. The fourth-order valence-corrected chi connectivity index (χ4v) is 3.41. The maximum Gasteiger partial charge on any atom is 0.322 e. The molecule has 2 fully saturated rings. The maximum absolute atomic E-state index is 12.8. The van der Waals surface area contributed by atoms with E-state index in [4.69, 9.17) is 0 Å². The van der Waals surface area contributed by atoms with Gasteiger partial charge in [0, 0.05) is 24.5 Å². The molecule has 2 aliphatic carbocycles. The lowest BCUT2D eigenvalue weighted by atomic mass is 10.2. The number of urea groups is 1.